The fourth-order valence-corrected chi connectivity index (χ4v) is 3.07. The SMILES string of the molecule is CC(C)(C)CC[N+]1(C(C)(C)C)CCCCCC1. The molecule has 0 aromatic carbocycles. The molecular weight excluding hydrogens is 206 g/mol. The zero-order chi connectivity index (χ0) is 13.2. The summed E-state index contributed by atoms with van der Waals surface area (Å²) in [5.74, 6) is 0. The van der Waals surface area contributed by atoms with Crippen LogP contribution in [-0.2, 0) is 0 Å². The van der Waals surface area contributed by atoms with Gasteiger partial charge in [0.15, 0.2) is 0 Å². The maximum absolute atomic E-state index is 2.45. The van der Waals surface area contributed by atoms with Crippen LogP contribution in [0.15, 0.2) is 0 Å². The van der Waals surface area contributed by atoms with E-state index in [-0.39, 0.29) is 0 Å². The van der Waals surface area contributed by atoms with Gasteiger partial charge in [0.2, 0.25) is 0 Å². The molecule has 1 heterocycles. The molecule has 0 bridgehead atoms. The van der Waals surface area contributed by atoms with E-state index in [1.807, 2.05) is 0 Å². The summed E-state index contributed by atoms with van der Waals surface area (Å²) >= 11 is 0. The summed E-state index contributed by atoms with van der Waals surface area (Å²) in [5.41, 5.74) is 0.887. The molecule has 17 heavy (non-hydrogen) atoms. The number of rotatable bonds is 2. The lowest BCUT2D eigenvalue weighted by atomic mass is 9.89. The Balaban J connectivity index is 2.78. The highest BCUT2D eigenvalue weighted by molar-refractivity contribution is 4.70. The maximum atomic E-state index is 2.45. The zero-order valence-corrected chi connectivity index (χ0v) is 13.1. The van der Waals surface area contributed by atoms with Crippen molar-refractivity contribution in [3.8, 4) is 0 Å². The van der Waals surface area contributed by atoms with Gasteiger partial charge < -0.3 is 4.48 Å². The molecule has 0 N–H and O–H groups in total. The highest BCUT2D eigenvalue weighted by Gasteiger charge is 2.40. The van der Waals surface area contributed by atoms with Gasteiger partial charge in [-0.1, -0.05) is 20.8 Å². The lowest BCUT2D eigenvalue weighted by molar-refractivity contribution is -0.970. The molecule has 102 valence electrons. The van der Waals surface area contributed by atoms with E-state index in [9.17, 15) is 0 Å². The van der Waals surface area contributed by atoms with E-state index in [0.29, 0.717) is 11.0 Å². The van der Waals surface area contributed by atoms with Gasteiger partial charge in [0.1, 0.15) is 0 Å². The first-order chi connectivity index (χ1) is 7.66. The molecule has 0 amide bonds. The Bertz CT molecular complexity index is 221. The smallest absolute Gasteiger partial charge is 0.0907 e. The van der Waals surface area contributed by atoms with E-state index in [1.54, 1.807) is 0 Å². The van der Waals surface area contributed by atoms with Crippen LogP contribution in [0.25, 0.3) is 0 Å². The fraction of sp³-hybridized carbons (Fsp3) is 1.00. The summed E-state index contributed by atoms with van der Waals surface area (Å²) in [7, 11) is 0. The Morgan fingerprint density at radius 3 is 1.59 bits per heavy atom. The van der Waals surface area contributed by atoms with Crippen molar-refractivity contribution in [3.63, 3.8) is 0 Å². The first-order valence-corrected chi connectivity index (χ1v) is 7.53. The molecule has 1 aliphatic heterocycles. The van der Waals surface area contributed by atoms with Gasteiger partial charge in [-0.05, 0) is 51.9 Å². The van der Waals surface area contributed by atoms with Crippen LogP contribution in [0.4, 0.5) is 0 Å². The first-order valence-electron chi connectivity index (χ1n) is 7.53. The second kappa shape index (κ2) is 5.30. The third-order valence-electron chi connectivity index (χ3n) is 4.64. The van der Waals surface area contributed by atoms with Gasteiger partial charge in [-0.3, -0.25) is 0 Å². The van der Waals surface area contributed by atoms with Crippen LogP contribution in [0, 0.1) is 5.41 Å². The van der Waals surface area contributed by atoms with Crippen molar-refractivity contribution in [1.29, 1.82) is 0 Å². The lowest BCUT2D eigenvalue weighted by Crippen LogP contribution is -2.61. The zero-order valence-electron chi connectivity index (χ0n) is 13.1. The van der Waals surface area contributed by atoms with Crippen molar-refractivity contribution in [2.45, 2.75) is 79.2 Å². The highest BCUT2D eigenvalue weighted by Crippen LogP contribution is 2.32. The Kier molecular flexibility index (Phi) is 4.68. The Hall–Kier alpha value is -0.0400. The maximum Gasteiger partial charge on any atom is 0.0907 e. The number of hydrogen-bond donors (Lipinski definition) is 0. The number of likely N-dealkylation sites (tertiary alicyclic amines) is 1. The minimum atomic E-state index is 0.412. The largest absolute Gasteiger partial charge is 0.319 e. The van der Waals surface area contributed by atoms with Crippen LogP contribution < -0.4 is 0 Å². The van der Waals surface area contributed by atoms with Gasteiger partial charge in [-0.25, -0.2) is 0 Å². The molecule has 1 nitrogen and oxygen atoms in total. The minimum Gasteiger partial charge on any atom is -0.319 e. The molecule has 0 aromatic heterocycles. The molecule has 1 heteroatoms. The van der Waals surface area contributed by atoms with Crippen LogP contribution in [-0.4, -0.2) is 29.7 Å². The van der Waals surface area contributed by atoms with Crippen LogP contribution in [0.1, 0.15) is 73.6 Å². The summed E-state index contributed by atoms with van der Waals surface area (Å²) in [6.07, 6.45) is 7.12. The first kappa shape index (κ1) is 15.0. The van der Waals surface area contributed by atoms with E-state index in [2.05, 4.69) is 41.5 Å². The minimum absolute atomic E-state index is 0.412. The molecule has 0 saturated carbocycles. The summed E-state index contributed by atoms with van der Waals surface area (Å²) in [6, 6.07) is 0. The molecule has 0 aliphatic carbocycles. The Morgan fingerprint density at radius 1 is 0.765 bits per heavy atom. The predicted molar refractivity (Wildman–Crippen MR) is 77.2 cm³/mol. The second-order valence-corrected chi connectivity index (χ2v) is 8.21. The summed E-state index contributed by atoms with van der Waals surface area (Å²) < 4.78 is 1.35. The monoisotopic (exact) mass is 240 g/mol. The molecule has 0 atom stereocenters. The molecule has 1 saturated heterocycles. The summed E-state index contributed by atoms with van der Waals surface area (Å²) in [6.45, 7) is 18.6. The molecule has 1 fully saturated rings. The number of hydrogen-bond acceptors (Lipinski definition) is 0. The van der Waals surface area contributed by atoms with Crippen LogP contribution in [0.2, 0.25) is 0 Å². The quantitative estimate of drug-likeness (QED) is 0.618. The van der Waals surface area contributed by atoms with Gasteiger partial charge >= 0.3 is 0 Å². The van der Waals surface area contributed by atoms with Crippen molar-refractivity contribution in [2.24, 2.45) is 5.41 Å². The van der Waals surface area contributed by atoms with Crippen LogP contribution in [0.5, 0.6) is 0 Å². The molecular formula is C16H34N+. The van der Waals surface area contributed by atoms with Gasteiger partial charge in [-0.15, -0.1) is 0 Å². The number of nitrogens with zero attached hydrogens (tertiary/aromatic N) is 1. The van der Waals surface area contributed by atoms with Crippen molar-refractivity contribution in [2.75, 3.05) is 19.6 Å². The molecule has 0 unspecified atom stereocenters. The third kappa shape index (κ3) is 4.28. The normalized spacial score (nSPS) is 22.2. The highest BCUT2D eigenvalue weighted by atomic mass is 15.4. The van der Waals surface area contributed by atoms with Crippen molar-refractivity contribution in [1.82, 2.24) is 0 Å². The Labute approximate surface area is 109 Å². The average Bonchev–Trinajstić information content (AvgIpc) is 2.38. The van der Waals surface area contributed by atoms with Gasteiger partial charge in [-0.2, -0.15) is 0 Å². The van der Waals surface area contributed by atoms with Crippen molar-refractivity contribution >= 4 is 0 Å². The standard InChI is InChI=1S/C16H34N/c1-15(2,3)11-14-17(16(4,5)6)12-9-7-8-10-13-17/h7-14H2,1-6H3/q+1. The fourth-order valence-electron chi connectivity index (χ4n) is 3.07. The molecule has 0 radical (unpaired) electrons. The van der Waals surface area contributed by atoms with E-state index >= 15 is 0 Å². The number of quaternary nitrogens is 1. The predicted octanol–water partition coefficient (Wildman–Crippen LogP) is 4.61. The molecule has 1 aliphatic rings. The van der Waals surface area contributed by atoms with Crippen molar-refractivity contribution < 1.29 is 4.48 Å². The summed E-state index contributed by atoms with van der Waals surface area (Å²) in [5, 5.41) is 0. The third-order valence-corrected chi connectivity index (χ3v) is 4.64. The molecule has 0 aromatic rings. The lowest BCUT2D eigenvalue weighted by Gasteiger charge is -2.49. The van der Waals surface area contributed by atoms with E-state index in [1.165, 1.54) is 56.2 Å². The van der Waals surface area contributed by atoms with Crippen molar-refractivity contribution in [3.05, 3.63) is 0 Å². The molecule has 1 rings (SSSR count). The second-order valence-electron chi connectivity index (χ2n) is 8.21. The molecule has 0 spiro atoms. The van der Waals surface area contributed by atoms with E-state index in [4.69, 9.17) is 0 Å². The topological polar surface area (TPSA) is 0 Å². The van der Waals surface area contributed by atoms with Gasteiger partial charge in [0.25, 0.3) is 0 Å². The Morgan fingerprint density at radius 2 is 1.24 bits per heavy atom. The van der Waals surface area contributed by atoms with Gasteiger partial charge in [0, 0.05) is 6.42 Å². The summed E-state index contributed by atoms with van der Waals surface area (Å²) in [4.78, 5) is 0. The average molecular weight is 240 g/mol. The van der Waals surface area contributed by atoms with E-state index in [0.717, 1.165) is 0 Å². The van der Waals surface area contributed by atoms with E-state index < -0.39 is 0 Å². The van der Waals surface area contributed by atoms with Crippen LogP contribution in [0.3, 0.4) is 0 Å². The van der Waals surface area contributed by atoms with Gasteiger partial charge in [0.05, 0.1) is 25.2 Å². The van der Waals surface area contributed by atoms with Crippen LogP contribution >= 0.6 is 0 Å².